The molecule has 0 saturated carbocycles. The number of allylic oxidation sites excluding steroid dienone is 1. The van der Waals surface area contributed by atoms with Crippen molar-refractivity contribution in [3.05, 3.63) is 132 Å². The van der Waals surface area contributed by atoms with Gasteiger partial charge in [0.05, 0.1) is 13.2 Å². The molecule has 0 radical (unpaired) electrons. The van der Waals surface area contributed by atoms with Gasteiger partial charge in [-0.15, -0.1) is 0 Å². The Kier molecular flexibility index (Phi) is 18.3. The highest BCUT2D eigenvalue weighted by atomic mass is 28.4. The molecule has 4 aromatic rings. The van der Waals surface area contributed by atoms with Crippen molar-refractivity contribution in [1.29, 1.82) is 0 Å². The number of hydrogen-bond acceptors (Lipinski definition) is 8. The topological polar surface area (TPSA) is 152 Å². The molecule has 0 spiro atoms. The molecular weight excluding hydrogens is 873 g/mol. The Morgan fingerprint density at radius 3 is 1.74 bits per heavy atom. The van der Waals surface area contributed by atoms with E-state index < -0.39 is 56.3 Å². The minimum Gasteiger partial charge on any atom is -0.494 e. The Bertz CT molecular complexity index is 2280. The van der Waals surface area contributed by atoms with Crippen molar-refractivity contribution in [2.24, 2.45) is 0 Å². The van der Waals surface area contributed by atoms with Crippen LogP contribution in [0, 0.1) is 0 Å². The van der Waals surface area contributed by atoms with Gasteiger partial charge in [-0.3, -0.25) is 24.0 Å². The third kappa shape index (κ3) is 12.9. The molecule has 0 unspecified atom stereocenters. The quantitative estimate of drug-likeness (QED) is 0.0530. The van der Waals surface area contributed by atoms with Crippen LogP contribution in [0.4, 0.5) is 0 Å². The number of piperidine rings is 1. The number of unbranched alkanes of at least 4 members (excludes halogenated alkanes) is 1. The number of rotatable bonds is 19. The molecule has 2 heterocycles. The fraction of sp³-hybridized carbons (Fsp3) is 0.436. The minimum absolute atomic E-state index is 0.125. The van der Waals surface area contributed by atoms with Crippen LogP contribution < -0.4 is 35.8 Å². The summed E-state index contributed by atoms with van der Waals surface area (Å²) in [5.41, 5.74) is 1.57. The van der Waals surface area contributed by atoms with Crippen LogP contribution in [0.5, 0.6) is 11.5 Å². The summed E-state index contributed by atoms with van der Waals surface area (Å²) in [6.45, 7) is 13.7. The molecule has 4 aromatic carbocycles. The van der Waals surface area contributed by atoms with E-state index in [4.69, 9.17) is 13.9 Å². The fourth-order valence-electron chi connectivity index (χ4n) is 9.40. The SMILES string of the molecule is CCOc1ccc(C[C@@H]2NC(=O)[C@H](CCC/C=C/C(=O)[C@H](CC)O[Si](c3ccccc3)(c3ccccc3)C(C)(C)C)NC(=O)[C@H]3CCCCN3C(=O)[C@H](Cc3ccc(OCC)cc3)NC2=O)cc1. The van der Waals surface area contributed by atoms with Crippen LogP contribution in [-0.4, -0.2) is 92.7 Å². The standard InChI is InChI=1S/C55H70N4O8Si/c1-7-50(67-68(55(4,5)6,43-21-13-10-14-22-43)44-23-15-11-16-24-44)49(60)27-18-12-17-25-45-51(61)57-46(37-39-28-32-41(33-29-39)65-8-2)52(62)58-47(38-40-30-34-42(35-31-40)66-9-3)54(64)59-36-20-19-26-48(59)53(63)56-45/h10-11,13-16,18,21-24,27-35,45-48,50H,7-9,12,17,19-20,25-26,36-38H2,1-6H3,(H,56,63)(H,57,61)(H,58,62)/b27-18+/t45-,46-,47-,48+,50-/m0/s1. The number of benzene rings is 4. The first-order chi connectivity index (χ1) is 32.8. The van der Waals surface area contributed by atoms with Crippen molar-refractivity contribution in [3.8, 4) is 11.5 Å². The Labute approximate surface area is 403 Å². The van der Waals surface area contributed by atoms with Crippen molar-refractivity contribution in [3.63, 3.8) is 0 Å². The number of nitrogens with one attached hydrogen (secondary N) is 3. The molecule has 2 aliphatic rings. The van der Waals surface area contributed by atoms with Gasteiger partial charge in [0.2, 0.25) is 23.6 Å². The second-order valence-electron chi connectivity index (χ2n) is 18.7. The van der Waals surface area contributed by atoms with Gasteiger partial charge in [-0.2, -0.15) is 0 Å². The molecule has 5 atom stereocenters. The van der Waals surface area contributed by atoms with Crippen molar-refractivity contribution in [2.75, 3.05) is 19.8 Å². The molecule has 2 aliphatic heterocycles. The molecule has 0 aliphatic carbocycles. The normalized spacial score (nSPS) is 20.0. The molecule has 4 amide bonds. The minimum atomic E-state index is -3.00. The van der Waals surface area contributed by atoms with Crippen LogP contribution in [0.2, 0.25) is 5.04 Å². The zero-order chi connectivity index (χ0) is 48.7. The van der Waals surface area contributed by atoms with Gasteiger partial charge in [0, 0.05) is 19.4 Å². The van der Waals surface area contributed by atoms with Crippen molar-refractivity contribution < 1.29 is 37.9 Å². The van der Waals surface area contributed by atoms with Gasteiger partial charge in [-0.25, -0.2) is 0 Å². The molecule has 2 saturated heterocycles. The average molecular weight is 943 g/mol. The summed E-state index contributed by atoms with van der Waals surface area (Å²) < 4.78 is 18.4. The third-order valence-electron chi connectivity index (χ3n) is 12.9. The number of carbonyl (C=O) groups is 5. The molecule has 2 fully saturated rings. The number of fused-ring (bicyclic) bond motifs is 1. The van der Waals surface area contributed by atoms with Crippen molar-refractivity contribution in [1.82, 2.24) is 20.9 Å². The van der Waals surface area contributed by atoms with Crippen LogP contribution in [-0.2, 0) is 41.2 Å². The van der Waals surface area contributed by atoms with Gasteiger partial charge in [0.15, 0.2) is 5.78 Å². The summed E-state index contributed by atoms with van der Waals surface area (Å²) in [5, 5.41) is 10.8. The monoisotopic (exact) mass is 942 g/mol. The zero-order valence-corrected chi connectivity index (χ0v) is 41.6. The average Bonchev–Trinajstić information content (AvgIpc) is 3.34. The molecule has 3 N–H and O–H groups in total. The zero-order valence-electron chi connectivity index (χ0n) is 40.6. The number of hydrogen-bond donors (Lipinski definition) is 3. The van der Waals surface area contributed by atoms with Crippen LogP contribution in [0.25, 0.3) is 0 Å². The van der Waals surface area contributed by atoms with Crippen molar-refractivity contribution >= 4 is 48.1 Å². The summed E-state index contributed by atoms with van der Waals surface area (Å²) in [6, 6.07) is 31.3. The number of nitrogens with zero attached hydrogens (tertiary/aromatic N) is 1. The summed E-state index contributed by atoms with van der Waals surface area (Å²) in [5.74, 6) is -0.550. The maximum Gasteiger partial charge on any atom is 0.262 e. The lowest BCUT2D eigenvalue weighted by Crippen LogP contribution is -2.68. The Hall–Kier alpha value is -6.05. The maximum atomic E-state index is 14.6. The molecule has 12 nitrogen and oxygen atoms in total. The first-order valence-corrected chi connectivity index (χ1v) is 26.3. The van der Waals surface area contributed by atoms with E-state index in [-0.39, 0.29) is 36.0 Å². The molecule has 0 aromatic heterocycles. The maximum absolute atomic E-state index is 14.6. The van der Waals surface area contributed by atoms with Crippen LogP contribution >= 0.6 is 0 Å². The molecular formula is C55H70N4O8Si. The second-order valence-corrected chi connectivity index (χ2v) is 23.0. The van der Waals surface area contributed by atoms with Gasteiger partial charge in [-0.05, 0) is 116 Å². The summed E-state index contributed by atoms with van der Waals surface area (Å²) >= 11 is 0. The highest BCUT2D eigenvalue weighted by molar-refractivity contribution is 6.99. The first-order valence-electron chi connectivity index (χ1n) is 24.4. The van der Waals surface area contributed by atoms with Crippen LogP contribution in [0.1, 0.15) is 97.6 Å². The molecule has 13 heteroatoms. The number of ketones is 1. The largest absolute Gasteiger partial charge is 0.494 e. The molecule has 362 valence electrons. The lowest BCUT2D eigenvalue weighted by Gasteiger charge is -2.44. The predicted molar refractivity (Wildman–Crippen MR) is 269 cm³/mol. The van der Waals surface area contributed by atoms with E-state index in [2.05, 4.69) is 61.0 Å². The van der Waals surface area contributed by atoms with Gasteiger partial charge in [-0.1, -0.05) is 119 Å². The van der Waals surface area contributed by atoms with E-state index >= 15 is 0 Å². The number of ether oxygens (including phenoxy) is 2. The molecule has 6 rings (SSSR count). The van der Waals surface area contributed by atoms with E-state index in [9.17, 15) is 24.0 Å². The van der Waals surface area contributed by atoms with Gasteiger partial charge in [0.25, 0.3) is 8.32 Å². The van der Waals surface area contributed by atoms with E-state index in [1.54, 1.807) is 11.0 Å². The van der Waals surface area contributed by atoms with E-state index in [1.165, 1.54) is 0 Å². The van der Waals surface area contributed by atoms with Crippen molar-refractivity contribution in [2.45, 2.75) is 135 Å². The van der Waals surface area contributed by atoms with Gasteiger partial charge >= 0.3 is 0 Å². The number of carbonyl (C=O) groups excluding carboxylic acids is 5. The Morgan fingerprint density at radius 2 is 1.21 bits per heavy atom. The van der Waals surface area contributed by atoms with E-state index in [0.29, 0.717) is 63.4 Å². The Morgan fingerprint density at radius 1 is 0.691 bits per heavy atom. The van der Waals surface area contributed by atoms with E-state index in [1.807, 2.05) is 112 Å². The highest BCUT2D eigenvalue weighted by Gasteiger charge is 2.52. The second kappa shape index (κ2) is 24.3. The Balaban J connectivity index is 1.21. The van der Waals surface area contributed by atoms with Gasteiger partial charge < -0.3 is 34.8 Å². The van der Waals surface area contributed by atoms with Crippen LogP contribution in [0.3, 0.4) is 0 Å². The highest BCUT2D eigenvalue weighted by Crippen LogP contribution is 2.38. The third-order valence-corrected chi connectivity index (χ3v) is 17.9. The predicted octanol–water partition coefficient (Wildman–Crippen LogP) is 6.77. The van der Waals surface area contributed by atoms with Gasteiger partial charge in [0.1, 0.15) is 41.8 Å². The summed E-state index contributed by atoms with van der Waals surface area (Å²) in [6.07, 6.45) is 6.47. The van der Waals surface area contributed by atoms with E-state index in [0.717, 1.165) is 27.9 Å². The molecule has 0 bridgehead atoms. The lowest BCUT2D eigenvalue weighted by atomic mass is 9.96. The smallest absolute Gasteiger partial charge is 0.262 e. The fourth-order valence-corrected chi connectivity index (χ4v) is 14.1. The summed E-state index contributed by atoms with van der Waals surface area (Å²) in [7, 11) is -3.00. The molecule has 68 heavy (non-hydrogen) atoms. The first kappa shape index (κ1) is 51.3. The van der Waals surface area contributed by atoms with Crippen LogP contribution in [0.15, 0.2) is 121 Å². The summed E-state index contributed by atoms with van der Waals surface area (Å²) in [4.78, 5) is 73.2. The lowest BCUT2D eigenvalue weighted by molar-refractivity contribution is -0.146. The number of amides is 4.